The molecule has 6 nitrogen and oxygen atoms in total. The number of carbonyl (C=O) groups excluding carboxylic acids is 2. The van der Waals surface area contributed by atoms with E-state index in [9.17, 15) is 9.59 Å². The predicted octanol–water partition coefficient (Wildman–Crippen LogP) is 3.75. The van der Waals surface area contributed by atoms with Gasteiger partial charge in [-0.15, -0.1) is 0 Å². The van der Waals surface area contributed by atoms with E-state index in [1.807, 2.05) is 24.3 Å². The van der Waals surface area contributed by atoms with Crippen molar-refractivity contribution in [3.8, 4) is 5.75 Å². The zero-order chi connectivity index (χ0) is 20.5. The standard InChI is InChI=1S/C21H25BrN2O4/c1-24(2)20(25)10-7-15-5-4-6-17(13-15)23-21(26)16-8-9-19(18(22)14-16)28-12-11-27-3/h4-6,8-9,13-14H,7,10-12H2,1-3H3,(H,23,26). The van der Waals surface area contributed by atoms with E-state index in [1.54, 1.807) is 44.3 Å². The molecule has 1 N–H and O–H groups in total. The molecule has 0 fully saturated rings. The van der Waals surface area contributed by atoms with Crippen LogP contribution < -0.4 is 10.1 Å². The van der Waals surface area contributed by atoms with E-state index in [1.165, 1.54) is 0 Å². The molecule has 0 saturated carbocycles. The van der Waals surface area contributed by atoms with Crippen molar-refractivity contribution in [3.63, 3.8) is 0 Å². The molecule has 150 valence electrons. The number of methoxy groups -OCH3 is 1. The summed E-state index contributed by atoms with van der Waals surface area (Å²) in [6, 6.07) is 12.7. The highest BCUT2D eigenvalue weighted by Gasteiger charge is 2.11. The molecule has 28 heavy (non-hydrogen) atoms. The molecule has 2 rings (SSSR count). The van der Waals surface area contributed by atoms with Crippen LogP contribution in [0.1, 0.15) is 22.3 Å². The summed E-state index contributed by atoms with van der Waals surface area (Å²) in [5.41, 5.74) is 2.20. The highest BCUT2D eigenvalue weighted by atomic mass is 79.9. The van der Waals surface area contributed by atoms with Crippen LogP contribution in [0.15, 0.2) is 46.9 Å². The Bertz CT molecular complexity index is 824. The zero-order valence-electron chi connectivity index (χ0n) is 16.3. The fourth-order valence-corrected chi connectivity index (χ4v) is 2.97. The van der Waals surface area contributed by atoms with Crippen LogP contribution in [0.4, 0.5) is 5.69 Å². The van der Waals surface area contributed by atoms with Gasteiger partial charge < -0.3 is 19.7 Å². The number of anilines is 1. The number of benzene rings is 2. The van der Waals surface area contributed by atoms with E-state index >= 15 is 0 Å². The van der Waals surface area contributed by atoms with Crippen molar-refractivity contribution in [3.05, 3.63) is 58.1 Å². The lowest BCUT2D eigenvalue weighted by Gasteiger charge is -2.11. The van der Waals surface area contributed by atoms with Crippen LogP contribution in [-0.2, 0) is 16.0 Å². The maximum atomic E-state index is 12.6. The molecule has 2 aromatic rings. The zero-order valence-corrected chi connectivity index (χ0v) is 17.9. The van der Waals surface area contributed by atoms with Gasteiger partial charge in [0.1, 0.15) is 12.4 Å². The van der Waals surface area contributed by atoms with Crippen molar-refractivity contribution in [1.29, 1.82) is 0 Å². The third-order valence-corrected chi connectivity index (χ3v) is 4.67. The second kappa shape index (κ2) is 10.8. The average molecular weight is 449 g/mol. The van der Waals surface area contributed by atoms with Crippen molar-refractivity contribution in [1.82, 2.24) is 4.90 Å². The molecule has 2 amide bonds. The quantitative estimate of drug-likeness (QED) is 0.593. The lowest BCUT2D eigenvalue weighted by Crippen LogP contribution is -2.21. The maximum absolute atomic E-state index is 12.6. The van der Waals surface area contributed by atoms with E-state index in [2.05, 4.69) is 21.2 Å². The first-order valence-corrected chi connectivity index (χ1v) is 9.71. The summed E-state index contributed by atoms with van der Waals surface area (Å²) in [5.74, 6) is 0.513. The van der Waals surface area contributed by atoms with E-state index in [0.29, 0.717) is 47.5 Å². The number of aryl methyl sites for hydroxylation is 1. The number of amides is 2. The van der Waals surface area contributed by atoms with Crippen molar-refractivity contribution in [2.75, 3.05) is 39.7 Å². The Morgan fingerprint density at radius 1 is 1.11 bits per heavy atom. The van der Waals surface area contributed by atoms with Gasteiger partial charge in [-0.1, -0.05) is 12.1 Å². The average Bonchev–Trinajstić information content (AvgIpc) is 2.67. The van der Waals surface area contributed by atoms with Crippen molar-refractivity contribution in [2.45, 2.75) is 12.8 Å². The normalized spacial score (nSPS) is 10.4. The van der Waals surface area contributed by atoms with Gasteiger partial charge in [0.05, 0.1) is 11.1 Å². The van der Waals surface area contributed by atoms with Gasteiger partial charge in [-0.05, 0) is 58.2 Å². The monoisotopic (exact) mass is 448 g/mol. The minimum Gasteiger partial charge on any atom is -0.490 e. The summed E-state index contributed by atoms with van der Waals surface area (Å²) >= 11 is 3.43. The van der Waals surface area contributed by atoms with Crippen LogP contribution in [0.2, 0.25) is 0 Å². The number of ether oxygens (including phenoxy) is 2. The summed E-state index contributed by atoms with van der Waals surface area (Å²) in [6.45, 7) is 0.926. The third-order valence-electron chi connectivity index (χ3n) is 4.05. The van der Waals surface area contributed by atoms with E-state index in [4.69, 9.17) is 9.47 Å². The van der Waals surface area contributed by atoms with Gasteiger partial charge in [0, 0.05) is 38.9 Å². The topological polar surface area (TPSA) is 67.9 Å². The first kappa shape index (κ1) is 21.9. The fraction of sp³-hybridized carbons (Fsp3) is 0.333. The Balaban J connectivity index is 1.99. The molecular weight excluding hydrogens is 424 g/mol. The second-order valence-corrected chi connectivity index (χ2v) is 7.28. The Morgan fingerprint density at radius 2 is 1.89 bits per heavy atom. The molecule has 0 bridgehead atoms. The Labute approximate surface area is 174 Å². The second-order valence-electron chi connectivity index (χ2n) is 6.43. The SMILES string of the molecule is COCCOc1ccc(C(=O)Nc2cccc(CCC(=O)N(C)C)c2)cc1Br. The number of halogens is 1. The first-order valence-electron chi connectivity index (χ1n) is 8.92. The van der Waals surface area contributed by atoms with Crippen LogP contribution in [0.5, 0.6) is 5.75 Å². The Hall–Kier alpha value is -2.38. The van der Waals surface area contributed by atoms with Crippen LogP contribution in [-0.4, -0.2) is 51.1 Å². The van der Waals surface area contributed by atoms with Crippen LogP contribution in [0, 0.1) is 0 Å². The minimum atomic E-state index is -0.217. The summed E-state index contributed by atoms with van der Waals surface area (Å²) in [4.78, 5) is 25.9. The van der Waals surface area contributed by atoms with Gasteiger partial charge in [0.25, 0.3) is 5.91 Å². The lowest BCUT2D eigenvalue weighted by atomic mass is 10.1. The number of hydrogen-bond donors (Lipinski definition) is 1. The number of hydrogen-bond acceptors (Lipinski definition) is 4. The number of nitrogens with zero attached hydrogens (tertiary/aromatic N) is 1. The minimum absolute atomic E-state index is 0.0760. The summed E-state index contributed by atoms with van der Waals surface area (Å²) in [6.07, 6.45) is 1.06. The number of rotatable bonds is 9. The lowest BCUT2D eigenvalue weighted by molar-refractivity contribution is -0.128. The number of nitrogens with one attached hydrogen (secondary N) is 1. The highest BCUT2D eigenvalue weighted by Crippen LogP contribution is 2.26. The third kappa shape index (κ3) is 6.65. The van der Waals surface area contributed by atoms with Crippen LogP contribution >= 0.6 is 15.9 Å². The van der Waals surface area contributed by atoms with E-state index in [0.717, 1.165) is 5.56 Å². The van der Waals surface area contributed by atoms with Crippen molar-refractivity contribution >= 4 is 33.4 Å². The first-order chi connectivity index (χ1) is 13.4. The van der Waals surface area contributed by atoms with Gasteiger partial charge in [-0.3, -0.25) is 9.59 Å². The molecule has 2 aromatic carbocycles. The van der Waals surface area contributed by atoms with E-state index in [-0.39, 0.29) is 11.8 Å². The molecule has 0 unspecified atom stereocenters. The van der Waals surface area contributed by atoms with Gasteiger partial charge in [-0.2, -0.15) is 0 Å². The summed E-state index contributed by atoms with van der Waals surface area (Å²) in [5, 5.41) is 2.89. The molecule has 0 aliphatic rings. The molecule has 0 spiro atoms. The Kier molecular flexibility index (Phi) is 8.47. The molecule has 0 aliphatic heterocycles. The van der Waals surface area contributed by atoms with Crippen molar-refractivity contribution < 1.29 is 19.1 Å². The molecule has 0 aliphatic carbocycles. The van der Waals surface area contributed by atoms with Crippen molar-refractivity contribution in [2.24, 2.45) is 0 Å². The smallest absolute Gasteiger partial charge is 0.255 e. The fourth-order valence-electron chi connectivity index (χ4n) is 2.48. The molecule has 0 radical (unpaired) electrons. The van der Waals surface area contributed by atoms with Gasteiger partial charge >= 0.3 is 0 Å². The number of carbonyl (C=O) groups is 2. The molecule has 7 heteroatoms. The van der Waals surface area contributed by atoms with Gasteiger partial charge in [-0.25, -0.2) is 0 Å². The van der Waals surface area contributed by atoms with E-state index < -0.39 is 0 Å². The largest absolute Gasteiger partial charge is 0.490 e. The Morgan fingerprint density at radius 3 is 2.57 bits per heavy atom. The molecule has 0 heterocycles. The van der Waals surface area contributed by atoms with Gasteiger partial charge in [0.2, 0.25) is 5.91 Å². The summed E-state index contributed by atoms with van der Waals surface area (Å²) < 4.78 is 11.2. The maximum Gasteiger partial charge on any atom is 0.255 e. The summed E-state index contributed by atoms with van der Waals surface area (Å²) in [7, 11) is 5.09. The predicted molar refractivity (Wildman–Crippen MR) is 113 cm³/mol. The molecule has 0 aromatic heterocycles. The molecule has 0 saturated heterocycles. The van der Waals surface area contributed by atoms with Gasteiger partial charge in [0.15, 0.2) is 0 Å². The van der Waals surface area contributed by atoms with Crippen LogP contribution in [0.3, 0.4) is 0 Å². The van der Waals surface area contributed by atoms with Crippen LogP contribution in [0.25, 0.3) is 0 Å². The molecular formula is C21H25BrN2O4. The molecule has 0 atom stereocenters. The highest BCUT2D eigenvalue weighted by molar-refractivity contribution is 9.10.